The van der Waals surface area contributed by atoms with E-state index in [-0.39, 0.29) is 23.8 Å². The molecule has 6 heteroatoms. The normalized spacial score (nSPS) is 24.8. The highest BCUT2D eigenvalue weighted by atomic mass is 32.2. The summed E-state index contributed by atoms with van der Waals surface area (Å²) in [6, 6.07) is 18.6. The van der Waals surface area contributed by atoms with E-state index in [1.807, 2.05) is 23.1 Å². The second-order valence-electron chi connectivity index (χ2n) is 7.95. The smallest absolute Gasteiger partial charge is 0.226 e. The van der Waals surface area contributed by atoms with Gasteiger partial charge in [-0.05, 0) is 41.9 Å². The lowest BCUT2D eigenvalue weighted by molar-refractivity contribution is -0.133. The Labute approximate surface area is 166 Å². The van der Waals surface area contributed by atoms with Gasteiger partial charge in [0.15, 0.2) is 0 Å². The highest BCUT2D eigenvalue weighted by molar-refractivity contribution is 7.88. The van der Waals surface area contributed by atoms with E-state index < -0.39 is 10.0 Å². The molecule has 1 heterocycles. The molecule has 0 spiro atoms. The maximum absolute atomic E-state index is 12.9. The van der Waals surface area contributed by atoms with Crippen molar-refractivity contribution in [1.82, 2.24) is 9.62 Å². The molecule has 3 atom stereocenters. The minimum atomic E-state index is -3.25. The zero-order chi connectivity index (χ0) is 19.7. The number of carbonyl (C=O) groups excluding carboxylic acids is 1. The van der Waals surface area contributed by atoms with Crippen LogP contribution in [0.3, 0.4) is 0 Å². The number of nitrogens with zero attached hydrogens (tertiary/aromatic N) is 1. The lowest BCUT2D eigenvalue weighted by atomic mass is 10.0. The van der Waals surface area contributed by atoms with Crippen LogP contribution in [0.2, 0.25) is 0 Å². The first-order valence-corrected chi connectivity index (χ1v) is 11.7. The van der Waals surface area contributed by atoms with Gasteiger partial charge in [-0.3, -0.25) is 4.79 Å². The molecule has 1 aliphatic heterocycles. The Balaban J connectivity index is 1.38. The van der Waals surface area contributed by atoms with Gasteiger partial charge in [0.05, 0.1) is 6.26 Å². The van der Waals surface area contributed by atoms with Gasteiger partial charge in [-0.15, -0.1) is 0 Å². The number of carbonyl (C=O) groups is 1. The average molecular weight is 399 g/mol. The number of hydrogen-bond acceptors (Lipinski definition) is 3. The van der Waals surface area contributed by atoms with E-state index in [1.165, 1.54) is 22.9 Å². The summed E-state index contributed by atoms with van der Waals surface area (Å²) in [6.07, 6.45) is 3.67. The fourth-order valence-corrected chi connectivity index (χ4v) is 5.00. The molecule has 2 aromatic carbocycles. The zero-order valence-corrected chi connectivity index (χ0v) is 16.9. The van der Waals surface area contributed by atoms with Gasteiger partial charge in [0.1, 0.15) is 0 Å². The average Bonchev–Trinajstić information content (AvgIpc) is 3.48. The van der Waals surface area contributed by atoms with E-state index >= 15 is 0 Å². The fourth-order valence-electron chi connectivity index (χ4n) is 4.20. The first-order valence-electron chi connectivity index (χ1n) is 9.82. The highest BCUT2D eigenvalue weighted by Crippen LogP contribution is 2.49. The molecule has 0 unspecified atom stereocenters. The van der Waals surface area contributed by atoms with E-state index in [9.17, 15) is 13.2 Å². The molecular formula is C22H26N2O3S. The van der Waals surface area contributed by atoms with Crippen molar-refractivity contribution in [2.75, 3.05) is 19.3 Å². The van der Waals surface area contributed by atoms with Gasteiger partial charge in [-0.25, -0.2) is 13.1 Å². The third-order valence-electron chi connectivity index (χ3n) is 5.67. The number of benzene rings is 2. The number of nitrogens with one attached hydrogen (secondary N) is 1. The molecule has 1 saturated heterocycles. The lowest BCUT2D eigenvalue weighted by Gasteiger charge is -2.33. The summed E-state index contributed by atoms with van der Waals surface area (Å²) in [4.78, 5) is 14.7. The molecule has 1 N–H and O–H groups in total. The summed E-state index contributed by atoms with van der Waals surface area (Å²) in [5.41, 5.74) is 3.58. The highest BCUT2D eigenvalue weighted by Gasteiger charge is 2.46. The molecule has 28 heavy (non-hydrogen) atoms. The maximum atomic E-state index is 12.9. The van der Waals surface area contributed by atoms with Crippen LogP contribution >= 0.6 is 0 Å². The van der Waals surface area contributed by atoms with Crippen molar-refractivity contribution in [3.05, 3.63) is 60.2 Å². The predicted octanol–water partition coefficient (Wildman–Crippen LogP) is 3.00. The van der Waals surface area contributed by atoms with Crippen molar-refractivity contribution in [3.8, 4) is 11.1 Å². The first-order chi connectivity index (χ1) is 13.4. The van der Waals surface area contributed by atoms with E-state index in [1.54, 1.807) is 0 Å². The number of rotatable bonds is 5. The van der Waals surface area contributed by atoms with Crippen molar-refractivity contribution in [1.29, 1.82) is 0 Å². The monoisotopic (exact) mass is 398 g/mol. The summed E-state index contributed by atoms with van der Waals surface area (Å²) in [7, 11) is -3.25. The van der Waals surface area contributed by atoms with Gasteiger partial charge in [0, 0.05) is 25.0 Å². The number of amides is 1. The van der Waals surface area contributed by atoms with Crippen LogP contribution in [-0.4, -0.2) is 44.6 Å². The van der Waals surface area contributed by atoms with Crippen LogP contribution in [0, 0.1) is 5.92 Å². The number of sulfonamides is 1. The van der Waals surface area contributed by atoms with Gasteiger partial charge in [0.2, 0.25) is 15.9 Å². The van der Waals surface area contributed by atoms with Gasteiger partial charge in [-0.2, -0.15) is 0 Å². The van der Waals surface area contributed by atoms with E-state index in [2.05, 4.69) is 41.1 Å². The van der Waals surface area contributed by atoms with Crippen molar-refractivity contribution >= 4 is 15.9 Å². The van der Waals surface area contributed by atoms with Crippen molar-refractivity contribution in [2.24, 2.45) is 5.92 Å². The van der Waals surface area contributed by atoms with Crippen LogP contribution in [-0.2, 0) is 14.8 Å². The summed E-state index contributed by atoms with van der Waals surface area (Å²) in [5.74, 6) is 0.470. The van der Waals surface area contributed by atoms with Crippen molar-refractivity contribution in [2.45, 2.75) is 31.2 Å². The Morgan fingerprint density at radius 3 is 2.39 bits per heavy atom. The van der Waals surface area contributed by atoms with Gasteiger partial charge in [-0.1, -0.05) is 54.6 Å². The number of piperidine rings is 1. The van der Waals surface area contributed by atoms with E-state index in [0.29, 0.717) is 6.54 Å². The van der Waals surface area contributed by atoms with Crippen molar-refractivity contribution < 1.29 is 13.2 Å². The van der Waals surface area contributed by atoms with Gasteiger partial charge < -0.3 is 4.90 Å². The summed E-state index contributed by atoms with van der Waals surface area (Å²) >= 11 is 0. The number of hydrogen-bond donors (Lipinski definition) is 1. The quantitative estimate of drug-likeness (QED) is 0.842. The fraction of sp³-hybridized carbons (Fsp3) is 0.409. The Kier molecular flexibility index (Phi) is 5.25. The number of likely N-dealkylation sites (tertiary alicyclic amines) is 1. The summed E-state index contributed by atoms with van der Waals surface area (Å²) in [6.45, 7) is 1.19. The van der Waals surface area contributed by atoms with Crippen LogP contribution < -0.4 is 4.72 Å². The van der Waals surface area contributed by atoms with E-state index in [4.69, 9.17) is 0 Å². The van der Waals surface area contributed by atoms with Crippen LogP contribution in [0.4, 0.5) is 0 Å². The molecule has 2 aromatic rings. The standard InChI is InChI=1S/C22H26N2O3S/c1-28(26,27)23-19-8-5-13-24(15-19)22(25)21-14-20(21)18-11-9-17(10-12-18)16-6-3-2-4-7-16/h2-4,6-7,9-12,19-21,23H,5,8,13-15H2,1H3/t19-,20+,21-/m1/s1. The van der Waals surface area contributed by atoms with Gasteiger partial charge in [0.25, 0.3) is 0 Å². The molecule has 0 aromatic heterocycles. The molecule has 5 nitrogen and oxygen atoms in total. The topological polar surface area (TPSA) is 66.5 Å². The molecule has 0 bridgehead atoms. The minimum Gasteiger partial charge on any atom is -0.341 e. The second kappa shape index (κ2) is 7.68. The molecule has 4 rings (SSSR count). The molecule has 1 saturated carbocycles. The molecule has 0 radical (unpaired) electrons. The molecule has 148 valence electrons. The minimum absolute atomic E-state index is 0.0274. The first kappa shape index (κ1) is 19.2. The van der Waals surface area contributed by atoms with Crippen LogP contribution in [0.5, 0.6) is 0 Å². The Bertz CT molecular complexity index is 942. The van der Waals surface area contributed by atoms with Crippen LogP contribution in [0.1, 0.15) is 30.7 Å². The Hall–Kier alpha value is -2.18. The van der Waals surface area contributed by atoms with Crippen LogP contribution in [0.25, 0.3) is 11.1 Å². The van der Waals surface area contributed by atoms with Crippen LogP contribution in [0.15, 0.2) is 54.6 Å². The zero-order valence-electron chi connectivity index (χ0n) is 16.0. The Morgan fingerprint density at radius 2 is 1.71 bits per heavy atom. The van der Waals surface area contributed by atoms with Gasteiger partial charge >= 0.3 is 0 Å². The molecule has 1 amide bonds. The molecule has 2 aliphatic rings. The molecular weight excluding hydrogens is 372 g/mol. The predicted molar refractivity (Wildman–Crippen MR) is 110 cm³/mol. The second-order valence-corrected chi connectivity index (χ2v) is 9.73. The summed E-state index contributed by atoms with van der Waals surface area (Å²) in [5, 5.41) is 0. The summed E-state index contributed by atoms with van der Waals surface area (Å²) < 4.78 is 25.6. The molecule has 2 fully saturated rings. The van der Waals surface area contributed by atoms with E-state index in [0.717, 1.165) is 25.8 Å². The molecule has 1 aliphatic carbocycles. The SMILES string of the molecule is CS(=O)(=O)N[C@@H]1CCCN(C(=O)[C@@H]2C[C@H]2c2ccc(-c3ccccc3)cc2)C1. The third kappa shape index (κ3) is 4.45. The third-order valence-corrected chi connectivity index (χ3v) is 6.43. The lowest BCUT2D eigenvalue weighted by Crippen LogP contribution is -2.49. The maximum Gasteiger partial charge on any atom is 0.226 e. The largest absolute Gasteiger partial charge is 0.341 e. The Morgan fingerprint density at radius 1 is 1.04 bits per heavy atom. The van der Waals surface area contributed by atoms with Crippen molar-refractivity contribution in [3.63, 3.8) is 0 Å².